The largest absolute Gasteiger partial charge is 0.360 e. The molecule has 11 heavy (non-hydrogen) atoms. The van der Waals surface area contributed by atoms with Crippen molar-refractivity contribution >= 4 is 45.2 Å². The quantitative estimate of drug-likeness (QED) is 0.704. The summed E-state index contributed by atoms with van der Waals surface area (Å²) in [5.41, 5.74) is 0. The zero-order valence-electron chi connectivity index (χ0n) is 6.12. The average Bonchev–Trinajstić information content (AvgIpc) is 2.26. The zero-order valence-corrected chi connectivity index (χ0v) is 8.57. The summed E-state index contributed by atoms with van der Waals surface area (Å²) in [5, 5.41) is 3.14. The van der Waals surface area contributed by atoms with Gasteiger partial charge in [-0.05, 0) is 30.2 Å². The van der Waals surface area contributed by atoms with Crippen molar-refractivity contribution in [3.8, 4) is 0 Å². The van der Waals surface area contributed by atoms with Gasteiger partial charge in [0.1, 0.15) is 4.32 Å². The van der Waals surface area contributed by atoms with Gasteiger partial charge in [0.15, 0.2) is 0 Å². The van der Waals surface area contributed by atoms with Crippen LogP contribution in [-0.4, -0.2) is 27.5 Å². The normalized spacial score (nSPS) is 23.9. The van der Waals surface area contributed by atoms with Crippen molar-refractivity contribution in [3.63, 3.8) is 0 Å². The van der Waals surface area contributed by atoms with Crippen LogP contribution in [0.4, 0.5) is 0 Å². The molecule has 0 amide bonds. The Labute approximate surface area is 79.9 Å². The Hall–Kier alpha value is 0.260. The van der Waals surface area contributed by atoms with Crippen molar-refractivity contribution in [3.05, 3.63) is 0 Å². The first-order chi connectivity index (χ1) is 5.24. The summed E-state index contributed by atoms with van der Waals surface area (Å²) >= 11 is 7.75. The van der Waals surface area contributed by atoms with Crippen LogP contribution in [0.5, 0.6) is 0 Å². The number of rotatable bonds is 3. The molecule has 1 saturated heterocycles. The first kappa shape index (κ1) is 9.35. The predicted molar refractivity (Wildman–Crippen MR) is 55.1 cm³/mol. The van der Waals surface area contributed by atoms with Crippen LogP contribution in [-0.2, 0) is 4.79 Å². The number of nitrogens with one attached hydrogen (secondary N) is 1. The van der Waals surface area contributed by atoms with Crippen molar-refractivity contribution < 1.29 is 4.79 Å². The molecule has 1 N–H and O–H groups in total. The Morgan fingerprint density at radius 3 is 3.00 bits per heavy atom. The van der Waals surface area contributed by atoms with Crippen LogP contribution in [0.2, 0.25) is 0 Å². The smallest absolute Gasteiger partial charge is 0.218 e. The highest BCUT2D eigenvalue weighted by Crippen LogP contribution is 2.18. The van der Waals surface area contributed by atoms with Gasteiger partial charge in [-0.25, -0.2) is 0 Å². The van der Waals surface area contributed by atoms with Crippen LogP contribution in [0, 0.1) is 0 Å². The fourth-order valence-electron chi connectivity index (χ4n) is 0.819. The Bertz CT molecular complexity index is 183. The second-order valence-corrected chi connectivity index (χ2v) is 4.85. The minimum absolute atomic E-state index is 0.0278. The summed E-state index contributed by atoms with van der Waals surface area (Å²) in [6, 6.07) is -0.0278. The molecule has 0 spiro atoms. The molecule has 0 bridgehead atoms. The van der Waals surface area contributed by atoms with Crippen LogP contribution < -0.4 is 5.32 Å². The van der Waals surface area contributed by atoms with Gasteiger partial charge in [-0.15, -0.1) is 0 Å². The third-order valence-corrected chi connectivity index (χ3v) is 3.18. The average molecular weight is 207 g/mol. The molecule has 1 rings (SSSR count). The Morgan fingerprint density at radius 1 is 1.82 bits per heavy atom. The lowest BCUT2D eigenvalue weighted by atomic mass is 10.2. The second kappa shape index (κ2) is 4.33. The van der Waals surface area contributed by atoms with Crippen LogP contribution in [0.25, 0.3) is 0 Å². The van der Waals surface area contributed by atoms with Crippen LogP contribution in [0.3, 0.4) is 0 Å². The first-order valence-corrected chi connectivity index (χ1v) is 5.87. The lowest BCUT2D eigenvalue weighted by Crippen LogP contribution is -2.28. The molecule has 5 heteroatoms. The predicted octanol–water partition coefficient (Wildman–Crippen LogP) is 1.26. The van der Waals surface area contributed by atoms with Crippen molar-refractivity contribution in [2.24, 2.45) is 0 Å². The van der Waals surface area contributed by atoms with Crippen LogP contribution >= 0.6 is 35.7 Å². The molecule has 1 fully saturated rings. The highest BCUT2D eigenvalue weighted by atomic mass is 32.2. The molecule has 0 aliphatic carbocycles. The van der Waals surface area contributed by atoms with Gasteiger partial charge in [0.2, 0.25) is 5.12 Å². The van der Waals surface area contributed by atoms with E-state index in [1.54, 1.807) is 11.8 Å². The van der Waals surface area contributed by atoms with Gasteiger partial charge in [-0.1, -0.05) is 12.2 Å². The molecule has 1 aliphatic rings. The summed E-state index contributed by atoms with van der Waals surface area (Å²) in [4.78, 5) is 11.1. The van der Waals surface area contributed by atoms with Crippen LogP contribution in [0.15, 0.2) is 0 Å². The number of thioether (sulfide) groups is 2. The molecule has 0 aromatic carbocycles. The van der Waals surface area contributed by atoms with E-state index >= 15 is 0 Å². The number of hydrogen-bond donors (Lipinski definition) is 1. The maximum Gasteiger partial charge on any atom is 0.218 e. The molecule has 62 valence electrons. The monoisotopic (exact) mass is 207 g/mol. The first-order valence-electron chi connectivity index (χ1n) is 3.25. The van der Waals surface area contributed by atoms with E-state index in [-0.39, 0.29) is 11.2 Å². The molecule has 0 unspecified atom stereocenters. The van der Waals surface area contributed by atoms with Crippen molar-refractivity contribution in [2.75, 3.05) is 12.0 Å². The lowest BCUT2D eigenvalue weighted by Gasteiger charge is -2.05. The maximum absolute atomic E-state index is 11.1. The van der Waals surface area contributed by atoms with Gasteiger partial charge in [0, 0.05) is 0 Å². The number of carbonyl (C=O) groups is 1. The van der Waals surface area contributed by atoms with E-state index in [1.165, 1.54) is 0 Å². The minimum Gasteiger partial charge on any atom is -0.360 e. The Morgan fingerprint density at radius 2 is 2.55 bits per heavy atom. The van der Waals surface area contributed by atoms with Gasteiger partial charge in [0.05, 0.1) is 6.04 Å². The lowest BCUT2D eigenvalue weighted by molar-refractivity contribution is -0.112. The maximum atomic E-state index is 11.1. The van der Waals surface area contributed by atoms with E-state index in [0.29, 0.717) is 4.32 Å². The standard InChI is InChI=1S/C6H9NOS3/c1-10-3-2-4-5(8)11-6(9)7-4/h4H,2-3H2,1H3,(H,7,9)/t4-/m1/s1. The molecular weight excluding hydrogens is 198 g/mol. The van der Waals surface area contributed by atoms with Crippen molar-refractivity contribution in [2.45, 2.75) is 12.5 Å². The number of thiocarbonyl (C=S) groups is 1. The number of hydrogen-bond acceptors (Lipinski definition) is 4. The zero-order chi connectivity index (χ0) is 8.27. The molecule has 1 atom stereocenters. The SMILES string of the molecule is CSCC[C@H]1NC(=S)SC1=O. The van der Waals surface area contributed by atoms with E-state index < -0.39 is 0 Å². The summed E-state index contributed by atoms with van der Waals surface area (Å²) in [6.45, 7) is 0. The third-order valence-electron chi connectivity index (χ3n) is 1.38. The van der Waals surface area contributed by atoms with E-state index in [4.69, 9.17) is 12.2 Å². The molecule has 1 heterocycles. The minimum atomic E-state index is -0.0278. The van der Waals surface area contributed by atoms with E-state index in [1.807, 2.05) is 6.26 Å². The van der Waals surface area contributed by atoms with Gasteiger partial charge in [-0.3, -0.25) is 4.79 Å². The molecule has 0 aromatic rings. The number of carbonyl (C=O) groups excluding carboxylic acids is 1. The van der Waals surface area contributed by atoms with Crippen molar-refractivity contribution in [1.82, 2.24) is 5.32 Å². The molecule has 0 saturated carbocycles. The fourth-order valence-corrected chi connectivity index (χ4v) is 2.38. The van der Waals surface area contributed by atoms with Gasteiger partial charge in [-0.2, -0.15) is 11.8 Å². The third kappa shape index (κ3) is 2.65. The van der Waals surface area contributed by atoms with Gasteiger partial charge in [0.25, 0.3) is 0 Å². The summed E-state index contributed by atoms with van der Waals surface area (Å²) in [6.07, 6.45) is 2.91. The summed E-state index contributed by atoms with van der Waals surface area (Å²) < 4.78 is 0.626. The highest BCUT2D eigenvalue weighted by molar-refractivity contribution is 8.33. The van der Waals surface area contributed by atoms with Crippen LogP contribution in [0.1, 0.15) is 6.42 Å². The molecule has 1 aliphatic heterocycles. The molecular formula is C6H9NOS3. The van der Waals surface area contributed by atoms with E-state index in [0.717, 1.165) is 23.9 Å². The highest BCUT2D eigenvalue weighted by Gasteiger charge is 2.27. The topological polar surface area (TPSA) is 29.1 Å². The van der Waals surface area contributed by atoms with Gasteiger partial charge >= 0.3 is 0 Å². The summed E-state index contributed by atoms with van der Waals surface area (Å²) in [5.74, 6) is 1.01. The Kier molecular flexibility index (Phi) is 3.68. The van der Waals surface area contributed by atoms with Crippen molar-refractivity contribution in [1.29, 1.82) is 0 Å². The van der Waals surface area contributed by atoms with Gasteiger partial charge < -0.3 is 5.32 Å². The fraction of sp³-hybridized carbons (Fsp3) is 0.667. The molecule has 0 radical (unpaired) electrons. The summed E-state index contributed by atoms with van der Waals surface area (Å²) in [7, 11) is 0. The van der Waals surface area contributed by atoms with E-state index in [9.17, 15) is 4.79 Å². The molecule has 2 nitrogen and oxygen atoms in total. The van der Waals surface area contributed by atoms with E-state index in [2.05, 4.69) is 5.32 Å². The Balaban J connectivity index is 2.34. The second-order valence-electron chi connectivity index (χ2n) is 2.19. The molecule has 0 aromatic heterocycles.